The van der Waals surface area contributed by atoms with Crippen molar-refractivity contribution in [3.63, 3.8) is 0 Å². The molecule has 0 bridgehead atoms. The van der Waals surface area contributed by atoms with E-state index in [1.807, 2.05) is 13.0 Å². The highest BCUT2D eigenvalue weighted by Crippen LogP contribution is 2.38. The van der Waals surface area contributed by atoms with Gasteiger partial charge in [-0.3, -0.25) is 10.1 Å². The maximum atomic E-state index is 12.4. The van der Waals surface area contributed by atoms with Gasteiger partial charge in [0.05, 0.1) is 11.0 Å². The van der Waals surface area contributed by atoms with Crippen LogP contribution >= 0.6 is 0 Å². The molecule has 0 aliphatic heterocycles. The van der Waals surface area contributed by atoms with Crippen LogP contribution in [0.5, 0.6) is 0 Å². The number of fused-ring (bicyclic) bond motifs is 1. The number of benzene rings is 1. The van der Waals surface area contributed by atoms with Gasteiger partial charge in [0.25, 0.3) is 0 Å². The van der Waals surface area contributed by atoms with Gasteiger partial charge in [-0.1, -0.05) is 25.8 Å². The largest absolute Gasteiger partial charge is 0.478 e. The summed E-state index contributed by atoms with van der Waals surface area (Å²) in [6, 6.07) is 5.39. The number of aromatic nitrogens is 2. The second-order valence-corrected chi connectivity index (χ2v) is 6.26. The van der Waals surface area contributed by atoms with Gasteiger partial charge in [0.1, 0.15) is 0 Å². The SMILES string of the molecule is CC1(C(=O)Nc2nc3cc(/C=C/C(=O)O)ccc3[nH]2)CCCC1. The third-order valence-corrected chi connectivity index (χ3v) is 4.41. The Kier molecular flexibility index (Phi) is 3.90. The molecule has 3 N–H and O–H groups in total. The molecule has 1 amide bonds. The van der Waals surface area contributed by atoms with Gasteiger partial charge in [0.15, 0.2) is 0 Å². The lowest BCUT2D eigenvalue weighted by atomic mass is 9.88. The number of carboxylic acids is 1. The summed E-state index contributed by atoms with van der Waals surface area (Å²) in [6.07, 6.45) is 6.57. The molecule has 1 heterocycles. The number of carbonyl (C=O) groups excluding carboxylic acids is 1. The van der Waals surface area contributed by atoms with E-state index in [4.69, 9.17) is 5.11 Å². The molecule has 120 valence electrons. The standard InChI is InChI=1S/C17H19N3O3/c1-17(8-2-3-9-17)15(23)20-16-18-12-6-4-11(5-7-14(21)22)10-13(12)19-16/h4-7,10H,2-3,8-9H2,1H3,(H,21,22)(H2,18,19,20,23)/b7-5+. The Labute approximate surface area is 133 Å². The molecule has 0 radical (unpaired) electrons. The number of carbonyl (C=O) groups is 2. The van der Waals surface area contributed by atoms with Crippen LogP contribution in [0.4, 0.5) is 5.95 Å². The molecule has 6 nitrogen and oxygen atoms in total. The van der Waals surface area contributed by atoms with Gasteiger partial charge in [-0.05, 0) is 36.6 Å². The number of aliphatic carboxylic acids is 1. The minimum Gasteiger partial charge on any atom is -0.478 e. The van der Waals surface area contributed by atoms with Crippen molar-refractivity contribution in [3.05, 3.63) is 29.8 Å². The molecule has 0 saturated heterocycles. The normalized spacial score (nSPS) is 16.9. The molecule has 0 unspecified atom stereocenters. The van der Waals surface area contributed by atoms with E-state index in [1.54, 1.807) is 12.1 Å². The third-order valence-electron chi connectivity index (χ3n) is 4.41. The minimum absolute atomic E-state index is 0.0000487. The van der Waals surface area contributed by atoms with Gasteiger partial charge in [0, 0.05) is 11.5 Å². The van der Waals surface area contributed by atoms with Crippen LogP contribution in [0.3, 0.4) is 0 Å². The second kappa shape index (κ2) is 5.87. The van der Waals surface area contributed by atoms with E-state index in [9.17, 15) is 9.59 Å². The van der Waals surface area contributed by atoms with E-state index in [-0.39, 0.29) is 11.3 Å². The first-order chi connectivity index (χ1) is 11.0. The summed E-state index contributed by atoms with van der Waals surface area (Å²) in [7, 11) is 0. The van der Waals surface area contributed by atoms with Gasteiger partial charge in [-0.15, -0.1) is 0 Å². The Morgan fingerprint density at radius 3 is 2.78 bits per heavy atom. The average Bonchev–Trinajstić information content (AvgIpc) is 3.11. The Morgan fingerprint density at radius 1 is 1.35 bits per heavy atom. The lowest BCUT2D eigenvalue weighted by Gasteiger charge is -2.21. The first-order valence-electron chi connectivity index (χ1n) is 7.68. The molecule has 1 aromatic carbocycles. The van der Waals surface area contributed by atoms with Crippen LogP contribution in [0, 0.1) is 5.41 Å². The number of hydrogen-bond acceptors (Lipinski definition) is 3. The molecule has 1 aliphatic carbocycles. The summed E-state index contributed by atoms with van der Waals surface area (Å²) in [5.41, 5.74) is 1.91. The fourth-order valence-corrected chi connectivity index (χ4v) is 2.99. The molecular weight excluding hydrogens is 294 g/mol. The number of H-pyrrole nitrogens is 1. The predicted octanol–water partition coefficient (Wildman–Crippen LogP) is 3.18. The van der Waals surface area contributed by atoms with Crippen molar-refractivity contribution in [2.45, 2.75) is 32.6 Å². The quantitative estimate of drug-likeness (QED) is 0.755. The van der Waals surface area contributed by atoms with E-state index < -0.39 is 5.97 Å². The minimum atomic E-state index is -0.995. The van der Waals surface area contributed by atoms with Crippen LogP contribution in [0.1, 0.15) is 38.2 Å². The zero-order valence-corrected chi connectivity index (χ0v) is 12.9. The van der Waals surface area contributed by atoms with Crippen molar-refractivity contribution in [2.24, 2.45) is 5.41 Å². The molecule has 2 aromatic rings. The van der Waals surface area contributed by atoms with Crippen molar-refractivity contribution < 1.29 is 14.7 Å². The van der Waals surface area contributed by atoms with Crippen molar-refractivity contribution in [3.8, 4) is 0 Å². The van der Waals surface area contributed by atoms with E-state index in [2.05, 4.69) is 15.3 Å². The number of carboxylic acid groups (broad SMARTS) is 1. The molecule has 6 heteroatoms. The Bertz CT molecular complexity index is 785. The highest BCUT2D eigenvalue weighted by Gasteiger charge is 2.36. The number of aromatic amines is 1. The molecule has 1 fully saturated rings. The van der Waals surface area contributed by atoms with E-state index >= 15 is 0 Å². The smallest absolute Gasteiger partial charge is 0.328 e. The predicted molar refractivity (Wildman–Crippen MR) is 88.0 cm³/mol. The maximum Gasteiger partial charge on any atom is 0.328 e. The summed E-state index contributed by atoms with van der Waals surface area (Å²) in [6.45, 7) is 1.99. The van der Waals surface area contributed by atoms with Crippen molar-refractivity contribution in [1.82, 2.24) is 9.97 Å². The second-order valence-electron chi connectivity index (χ2n) is 6.26. The molecule has 1 aromatic heterocycles. The van der Waals surface area contributed by atoms with Gasteiger partial charge < -0.3 is 10.1 Å². The molecule has 1 saturated carbocycles. The number of hydrogen-bond donors (Lipinski definition) is 3. The highest BCUT2D eigenvalue weighted by atomic mass is 16.4. The van der Waals surface area contributed by atoms with E-state index in [1.165, 1.54) is 6.08 Å². The third kappa shape index (κ3) is 3.26. The van der Waals surface area contributed by atoms with Crippen molar-refractivity contribution in [1.29, 1.82) is 0 Å². The lowest BCUT2D eigenvalue weighted by Crippen LogP contribution is -2.31. The number of amides is 1. The topological polar surface area (TPSA) is 95.1 Å². The number of nitrogens with zero attached hydrogens (tertiary/aromatic N) is 1. The summed E-state index contributed by atoms with van der Waals surface area (Å²) in [4.78, 5) is 30.4. The molecule has 0 spiro atoms. The van der Waals surface area contributed by atoms with Gasteiger partial charge in [-0.2, -0.15) is 0 Å². The van der Waals surface area contributed by atoms with E-state index in [0.29, 0.717) is 11.5 Å². The molecule has 1 aliphatic rings. The van der Waals surface area contributed by atoms with Crippen LogP contribution in [-0.4, -0.2) is 27.0 Å². The zero-order chi connectivity index (χ0) is 16.4. The Hall–Kier alpha value is -2.63. The summed E-state index contributed by atoms with van der Waals surface area (Å²) in [5.74, 6) is -0.567. The summed E-state index contributed by atoms with van der Waals surface area (Å²) in [5, 5.41) is 11.5. The van der Waals surface area contributed by atoms with Crippen LogP contribution in [-0.2, 0) is 9.59 Å². The number of imidazole rings is 1. The van der Waals surface area contributed by atoms with Crippen LogP contribution in [0.2, 0.25) is 0 Å². The van der Waals surface area contributed by atoms with Gasteiger partial charge in [0.2, 0.25) is 11.9 Å². The van der Waals surface area contributed by atoms with Crippen LogP contribution in [0.15, 0.2) is 24.3 Å². The fraction of sp³-hybridized carbons (Fsp3) is 0.353. The number of nitrogens with one attached hydrogen (secondary N) is 2. The van der Waals surface area contributed by atoms with Crippen molar-refractivity contribution in [2.75, 3.05) is 5.32 Å². The Morgan fingerprint density at radius 2 is 2.09 bits per heavy atom. The van der Waals surface area contributed by atoms with E-state index in [0.717, 1.165) is 42.8 Å². The lowest BCUT2D eigenvalue weighted by molar-refractivity contribution is -0.131. The van der Waals surface area contributed by atoms with Crippen LogP contribution < -0.4 is 5.32 Å². The highest BCUT2D eigenvalue weighted by molar-refractivity contribution is 5.95. The fourth-order valence-electron chi connectivity index (χ4n) is 2.99. The zero-order valence-electron chi connectivity index (χ0n) is 12.9. The molecular formula is C17H19N3O3. The average molecular weight is 313 g/mol. The number of anilines is 1. The molecule has 0 atom stereocenters. The summed E-state index contributed by atoms with van der Waals surface area (Å²) < 4.78 is 0. The van der Waals surface area contributed by atoms with Gasteiger partial charge >= 0.3 is 5.97 Å². The maximum absolute atomic E-state index is 12.4. The molecule has 3 rings (SSSR count). The first-order valence-corrected chi connectivity index (χ1v) is 7.68. The Balaban J connectivity index is 1.80. The summed E-state index contributed by atoms with van der Waals surface area (Å²) >= 11 is 0. The van der Waals surface area contributed by atoms with Crippen LogP contribution in [0.25, 0.3) is 17.1 Å². The monoisotopic (exact) mass is 313 g/mol. The number of rotatable bonds is 4. The first kappa shape index (κ1) is 15.3. The van der Waals surface area contributed by atoms with Crippen molar-refractivity contribution >= 4 is 34.9 Å². The van der Waals surface area contributed by atoms with Gasteiger partial charge in [-0.25, -0.2) is 9.78 Å². The molecule has 23 heavy (non-hydrogen) atoms.